The molecule has 10 heteroatoms. The molecular formula is C31H33ClFN3O5. The Hall–Kier alpha value is -3.95. The van der Waals surface area contributed by atoms with E-state index in [0.29, 0.717) is 47.8 Å². The van der Waals surface area contributed by atoms with Gasteiger partial charge in [0.2, 0.25) is 5.91 Å². The van der Waals surface area contributed by atoms with Gasteiger partial charge < -0.3 is 25.0 Å². The highest BCUT2D eigenvalue weighted by atomic mass is 35.5. The first kappa shape index (κ1) is 30.0. The Kier molecular flexibility index (Phi) is 10.3. The summed E-state index contributed by atoms with van der Waals surface area (Å²) in [6, 6.07) is 17.4. The molecule has 1 aliphatic heterocycles. The predicted octanol–water partition coefficient (Wildman–Crippen LogP) is 5.58. The minimum absolute atomic E-state index is 0.213. The lowest BCUT2D eigenvalue weighted by molar-refractivity contribution is -0.144. The monoisotopic (exact) mass is 581 g/mol. The predicted molar refractivity (Wildman–Crippen MR) is 156 cm³/mol. The number of nitrogens with zero attached hydrogens (tertiary/aromatic N) is 1. The molecule has 216 valence electrons. The molecule has 0 aromatic heterocycles. The molecule has 1 heterocycles. The van der Waals surface area contributed by atoms with E-state index in [1.165, 1.54) is 23.8 Å². The number of hydrogen-bond acceptors (Lipinski definition) is 6. The van der Waals surface area contributed by atoms with Gasteiger partial charge in [0.05, 0.1) is 23.3 Å². The topological polar surface area (TPSA) is 97.0 Å². The molecule has 3 aromatic carbocycles. The third-order valence-electron chi connectivity index (χ3n) is 6.81. The summed E-state index contributed by atoms with van der Waals surface area (Å²) in [6.45, 7) is 4.30. The van der Waals surface area contributed by atoms with Crippen molar-refractivity contribution in [2.75, 3.05) is 36.5 Å². The summed E-state index contributed by atoms with van der Waals surface area (Å²) in [4.78, 5) is 39.0. The average molecular weight is 582 g/mol. The summed E-state index contributed by atoms with van der Waals surface area (Å²) in [5.41, 5.74) is 4.38. The van der Waals surface area contributed by atoms with E-state index in [1.807, 2.05) is 37.3 Å². The van der Waals surface area contributed by atoms with E-state index in [4.69, 9.17) is 21.1 Å². The number of esters is 1. The first-order valence-corrected chi connectivity index (χ1v) is 13.9. The van der Waals surface area contributed by atoms with Crippen LogP contribution in [-0.4, -0.2) is 44.1 Å². The number of benzene rings is 3. The van der Waals surface area contributed by atoms with Crippen molar-refractivity contribution >= 4 is 40.8 Å². The Morgan fingerprint density at radius 2 is 1.90 bits per heavy atom. The van der Waals surface area contributed by atoms with Crippen molar-refractivity contribution in [2.45, 2.75) is 39.3 Å². The van der Waals surface area contributed by atoms with Gasteiger partial charge in [0.15, 0.2) is 0 Å². The number of ether oxygens (including phenoxy) is 2. The third-order valence-corrected chi connectivity index (χ3v) is 7.13. The molecule has 0 saturated heterocycles. The van der Waals surface area contributed by atoms with Gasteiger partial charge in [0.1, 0.15) is 19.0 Å². The highest BCUT2D eigenvalue weighted by molar-refractivity contribution is 6.34. The molecule has 1 aliphatic rings. The molecule has 1 atom stereocenters. The number of nitrogens with one attached hydrogen (secondary N) is 2. The van der Waals surface area contributed by atoms with Gasteiger partial charge >= 0.3 is 5.97 Å². The van der Waals surface area contributed by atoms with E-state index < -0.39 is 23.8 Å². The zero-order chi connectivity index (χ0) is 29.4. The first-order chi connectivity index (χ1) is 19.8. The molecule has 1 unspecified atom stereocenters. The second kappa shape index (κ2) is 14.1. The standard InChI is InChI=1S/C31H33ClFN3O5/c1-3-40-30(38)18-35-29(37)19-41-28-9-6-14-36(27-13-10-22(33)15-25(27)28)31(39)24-12-11-23(16-26(24)32)34-17-21-8-5-4-7-20(21)2/h4-5,7-8,10-13,15-16,28,34H,3,6,9,14,17-19H2,1-2H3,(H,35,37). The summed E-state index contributed by atoms with van der Waals surface area (Å²) in [5.74, 6) is -1.86. The number of fused-ring (bicyclic) bond motifs is 1. The smallest absolute Gasteiger partial charge is 0.325 e. The Bertz CT molecular complexity index is 1420. The molecule has 8 nitrogen and oxygen atoms in total. The summed E-state index contributed by atoms with van der Waals surface area (Å²) in [5, 5.41) is 6.08. The fourth-order valence-corrected chi connectivity index (χ4v) is 4.94. The lowest BCUT2D eigenvalue weighted by Gasteiger charge is -2.25. The Morgan fingerprint density at radius 3 is 2.66 bits per heavy atom. The van der Waals surface area contributed by atoms with Crippen molar-refractivity contribution in [3.63, 3.8) is 0 Å². The first-order valence-electron chi connectivity index (χ1n) is 13.5. The van der Waals surface area contributed by atoms with E-state index >= 15 is 0 Å². The average Bonchev–Trinajstić information content (AvgIpc) is 3.13. The quantitative estimate of drug-likeness (QED) is 0.304. The van der Waals surface area contributed by atoms with Crippen LogP contribution in [0.4, 0.5) is 15.8 Å². The van der Waals surface area contributed by atoms with Gasteiger partial charge in [-0.2, -0.15) is 0 Å². The van der Waals surface area contributed by atoms with Gasteiger partial charge in [0.25, 0.3) is 5.91 Å². The summed E-state index contributed by atoms with van der Waals surface area (Å²) in [6.07, 6.45) is 0.376. The van der Waals surface area contributed by atoms with Crippen molar-refractivity contribution in [3.05, 3.63) is 93.8 Å². The van der Waals surface area contributed by atoms with Crippen LogP contribution in [0.15, 0.2) is 60.7 Å². The molecule has 0 bridgehead atoms. The molecule has 2 amide bonds. The number of hydrogen-bond donors (Lipinski definition) is 2. The van der Waals surface area contributed by atoms with Crippen molar-refractivity contribution in [1.29, 1.82) is 0 Å². The molecule has 3 aromatic rings. The van der Waals surface area contributed by atoms with Gasteiger partial charge in [-0.25, -0.2) is 4.39 Å². The minimum Gasteiger partial charge on any atom is -0.465 e. The second-order valence-corrected chi connectivity index (χ2v) is 10.1. The molecule has 41 heavy (non-hydrogen) atoms. The summed E-state index contributed by atoms with van der Waals surface area (Å²) >= 11 is 6.59. The lowest BCUT2D eigenvalue weighted by atomic mass is 10.0. The van der Waals surface area contributed by atoms with Gasteiger partial charge in [-0.3, -0.25) is 14.4 Å². The number of rotatable bonds is 10. The van der Waals surface area contributed by atoms with Crippen LogP contribution in [0.3, 0.4) is 0 Å². The SMILES string of the molecule is CCOC(=O)CNC(=O)COC1CCCN(C(=O)c2ccc(NCc3ccccc3C)cc2Cl)c2ccc(F)cc21. The Balaban J connectivity index is 1.47. The van der Waals surface area contributed by atoms with Crippen LogP contribution in [0.25, 0.3) is 0 Å². The molecule has 0 spiro atoms. The van der Waals surface area contributed by atoms with Crippen LogP contribution in [0.5, 0.6) is 0 Å². The number of carbonyl (C=O) groups is 3. The zero-order valence-corrected chi connectivity index (χ0v) is 23.8. The highest BCUT2D eigenvalue weighted by Crippen LogP contribution is 2.37. The minimum atomic E-state index is -0.629. The summed E-state index contributed by atoms with van der Waals surface area (Å²) in [7, 11) is 0. The highest BCUT2D eigenvalue weighted by Gasteiger charge is 2.29. The van der Waals surface area contributed by atoms with E-state index in [1.54, 1.807) is 24.0 Å². The van der Waals surface area contributed by atoms with E-state index in [0.717, 1.165) is 11.3 Å². The van der Waals surface area contributed by atoms with Crippen LogP contribution in [-0.2, 0) is 25.6 Å². The molecule has 0 aliphatic carbocycles. The van der Waals surface area contributed by atoms with Gasteiger partial charge in [-0.1, -0.05) is 35.9 Å². The lowest BCUT2D eigenvalue weighted by Crippen LogP contribution is -2.33. The Morgan fingerprint density at radius 1 is 1.10 bits per heavy atom. The molecule has 4 rings (SSSR count). The van der Waals surface area contributed by atoms with Crippen molar-refractivity contribution in [2.24, 2.45) is 0 Å². The van der Waals surface area contributed by atoms with Crippen LogP contribution in [0.1, 0.15) is 52.9 Å². The normalized spacial score (nSPS) is 14.5. The van der Waals surface area contributed by atoms with Crippen LogP contribution in [0.2, 0.25) is 5.02 Å². The number of halogens is 2. The van der Waals surface area contributed by atoms with Gasteiger partial charge in [0, 0.05) is 30.0 Å². The Labute approximate surface area is 243 Å². The maximum Gasteiger partial charge on any atom is 0.325 e. The largest absolute Gasteiger partial charge is 0.465 e. The van der Waals surface area contributed by atoms with Crippen molar-refractivity contribution < 1.29 is 28.2 Å². The zero-order valence-electron chi connectivity index (χ0n) is 23.0. The van der Waals surface area contributed by atoms with Crippen molar-refractivity contribution in [1.82, 2.24) is 5.32 Å². The second-order valence-electron chi connectivity index (χ2n) is 9.66. The van der Waals surface area contributed by atoms with Crippen LogP contribution < -0.4 is 15.5 Å². The van der Waals surface area contributed by atoms with E-state index in [2.05, 4.69) is 10.6 Å². The number of amides is 2. The molecule has 0 fully saturated rings. The van der Waals surface area contributed by atoms with E-state index in [9.17, 15) is 18.8 Å². The molecule has 0 saturated carbocycles. The fraction of sp³-hybridized carbons (Fsp3) is 0.323. The maximum absolute atomic E-state index is 14.3. The molecular weight excluding hydrogens is 549 g/mol. The van der Waals surface area contributed by atoms with Crippen LogP contribution >= 0.6 is 11.6 Å². The number of aryl methyl sites for hydroxylation is 1. The van der Waals surface area contributed by atoms with Gasteiger partial charge in [-0.15, -0.1) is 0 Å². The van der Waals surface area contributed by atoms with E-state index in [-0.39, 0.29) is 25.7 Å². The third kappa shape index (κ3) is 7.83. The fourth-order valence-electron chi connectivity index (χ4n) is 4.68. The van der Waals surface area contributed by atoms with Crippen molar-refractivity contribution in [3.8, 4) is 0 Å². The number of carbonyl (C=O) groups excluding carboxylic acids is 3. The number of anilines is 2. The molecule has 0 radical (unpaired) electrons. The van der Waals surface area contributed by atoms with Gasteiger partial charge in [-0.05, 0) is 74.2 Å². The summed E-state index contributed by atoms with van der Waals surface area (Å²) < 4.78 is 25.0. The maximum atomic E-state index is 14.3. The van der Waals surface area contributed by atoms with Crippen LogP contribution in [0, 0.1) is 12.7 Å². The molecule has 2 N–H and O–H groups in total.